The van der Waals surface area contributed by atoms with Crippen molar-refractivity contribution in [1.82, 2.24) is 34.6 Å². The Labute approximate surface area is 165 Å². The van der Waals surface area contributed by atoms with Crippen LogP contribution in [-0.2, 0) is 12.0 Å². The van der Waals surface area contributed by atoms with Crippen LogP contribution in [0.2, 0.25) is 0 Å². The lowest BCUT2D eigenvalue weighted by molar-refractivity contribution is 0.0629. The van der Waals surface area contributed by atoms with Crippen LogP contribution in [0.25, 0.3) is 5.52 Å². The van der Waals surface area contributed by atoms with Gasteiger partial charge in [-0.1, -0.05) is 11.2 Å². The maximum absolute atomic E-state index is 13.2. The van der Waals surface area contributed by atoms with Gasteiger partial charge in [0.2, 0.25) is 5.82 Å². The van der Waals surface area contributed by atoms with Crippen LogP contribution in [0.4, 0.5) is 0 Å². The Balaban J connectivity index is 1.57. The van der Waals surface area contributed by atoms with E-state index in [9.17, 15) is 9.90 Å². The van der Waals surface area contributed by atoms with Crippen LogP contribution in [0.5, 0.6) is 0 Å². The van der Waals surface area contributed by atoms with Crippen molar-refractivity contribution in [3.63, 3.8) is 0 Å². The predicted octanol–water partition coefficient (Wildman–Crippen LogP) is 1.46. The Hall–Kier alpha value is -3.53. The van der Waals surface area contributed by atoms with Crippen LogP contribution in [0.1, 0.15) is 53.5 Å². The summed E-state index contributed by atoms with van der Waals surface area (Å²) in [5.74, 6) is -0.541. The van der Waals surface area contributed by atoms with Gasteiger partial charge in [0.25, 0.3) is 0 Å². The van der Waals surface area contributed by atoms with Crippen LogP contribution in [0.15, 0.2) is 41.3 Å². The van der Waals surface area contributed by atoms with Crippen molar-refractivity contribution >= 4 is 11.4 Å². The van der Waals surface area contributed by atoms with Crippen molar-refractivity contribution in [2.45, 2.75) is 31.9 Å². The molecular weight excluding hydrogens is 374 g/mol. The fourth-order valence-electron chi connectivity index (χ4n) is 3.57. The van der Waals surface area contributed by atoms with E-state index in [0.29, 0.717) is 18.7 Å². The van der Waals surface area contributed by atoms with Gasteiger partial charge in [0.05, 0.1) is 23.2 Å². The van der Waals surface area contributed by atoms with Crippen LogP contribution in [-0.4, -0.2) is 52.2 Å². The fourth-order valence-corrected chi connectivity index (χ4v) is 3.57. The topological polar surface area (TPSA) is 125 Å². The maximum atomic E-state index is 13.2. The molecule has 148 valence electrons. The Morgan fingerprint density at radius 2 is 2.24 bits per heavy atom. The summed E-state index contributed by atoms with van der Waals surface area (Å²) >= 11 is 0. The van der Waals surface area contributed by atoms with Crippen LogP contribution in [0, 0.1) is 0 Å². The second-order valence-electron chi connectivity index (χ2n) is 7.54. The highest BCUT2D eigenvalue weighted by molar-refractivity contribution is 5.90. The van der Waals surface area contributed by atoms with E-state index in [1.165, 1.54) is 13.8 Å². The number of rotatable bonds is 3. The zero-order valence-corrected chi connectivity index (χ0v) is 15.9. The summed E-state index contributed by atoms with van der Waals surface area (Å²) < 4.78 is 6.91. The number of nitrogens with zero attached hydrogens (tertiary/aromatic N) is 6. The molecule has 1 amide bonds. The van der Waals surface area contributed by atoms with Gasteiger partial charge < -0.3 is 19.5 Å². The molecule has 0 fully saturated rings. The minimum absolute atomic E-state index is 0.0580. The van der Waals surface area contributed by atoms with Gasteiger partial charge in [0, 0.05) is 24.9 Å². The Bertz CT molecular complexity index is 1170. The summed E-state index contributed by atoms with van der Waals surface area (Å²) in [5, 5.41) is 18.5. The number of hydrogen-bond acceptors (Lipinski definition) is 7. The summed E-state index contributed by atoms with van der Waals surface area (Å²) in [6.07, 6.45) is 4.10. The molecule has 1 unspecified atom stereocenters. The Kier molecular flexibility index (Phi) is 3.78. The molecule has 0 aliphatic carbocycles. The number of hydrogen-bond donors (Lipinski definition) is 2. The molecule has 29 heavy (non-hydrogen) atoms. The third-order valence-corrected chi connectivity index (χ3v) is 5.01. The van der Waals surface area contributed by atoms with Gasteiger partial charge in [-0.05, 0) is 32.0 Å². The molecule has 0 radical (unpaired) electrons. The summed E-state index contributed by atoms with van der Waals surface area (Å²) in [6, 6.07) is 7.22. The molecule has 1 atom stereocenters. The van der Waals surface area contributed by atoms with E-state index in [2.05, 4.69) is 25.2 Å². The summed E-state index contributed by atoms with van der Waals surface area (Å²) in [5.41, 5.74) is 2.02. The molecule has 4 aromatic heterocycles. The molecule has 1 aliphatic heterocycles. The first kappa shape index (κ1) is 17.6. The first-order valence-corrected chi connectivity index (χ1v) is 9.26. The summed E-state index contributed by atoms with van der Waals surface area (Å²) in [7, 11) is 0. The number of H-pyrrole nitrogens is 1. The molecule has 5 rings (SSSR count). The molecule has 0 saturated heterocycles. The lowest BCUT2D eigenvalue weighted by atomic mass is 9.99. The van der Waals surface area contributed by atoms with Crippen molar-refractivity contribution in [2.24, 2.45) is 0 Å². The number of nitrogens with one attached hydrogen (secondary N) is 1. The van der Waals surface area contributed by atoms with Gasteiger partial charge in [0.15, 0.2) is 0 Å². The average Bonchev–Trinajstić information content (AvgIpc) is 3.44. The van der Waals surface area contributed by atoms with Gasteiger partial charge in [-0.2, -0.15) is 10.1 Å². The first-order valence-electron chi connectivity index (χ1n) is 9.26. The number of fused-ring (bicyclic) bond motifs is 2. The number of imidazole rings is 1. The van der Waals surface area contributed by atoms with E-state index in [1.54, 1.807) is 15.7 Å². The van der Waals surface area contributed by atoms with E-state index >= 15 is 0 Å². The van der Waals surface area contributed by atoms with E-state index < -0.39 is 17.6 Å². The quantitative estimate of drug-likeness (QED) is 0.540. The van der Waals surface area contributed by atoms with Crippen LogP contribution < -0.4 is 0 Å². The van der Waals surface area contributed by atoms with E-state index in [1.807, 2.05) is 30.5 Å². The molecule has 5 heterocycles. The van der Waals surface area contributed by atoms with Gasteiger partial charge in [-0.3, -0.25) is 4.79 Å². The van der Waals surface area contributed by atoms with E-state index in [0.717, 1.165) is 16.9 Å². The highest BCUT2D eigenvalue weighted by Crippen LogP contribution is 2.34. The molecule has 2 N–H and O–H groups in total. The number of carbonyl (C=O) groups is 1. The molecular formula is C19H19N7O3. The van der Waals surface area contributed by atoms with Crippen LogP contribution >= 0.6 is 0 Å². The smallest absolute Gasteiger partial charge is 0.316 e. The predicted molar refractivity (Wildman–Crippen MR) is 99.9 cm³/mol. The highest BCUT2D eigenvalue weighted by Gasteiger charge is 2.38. The molecule has 10 heteroatoms. The molecule has 0 bridgehead atoms. The lowest BCUT2D eigenvalue weighted by Gasteiger charge is -2.32. The zero-order valence-electron chi connectivity index (χ0n) is 15.9. The summed E-state index contributed by atoms with van der Waals surface area (Å²) in [6.45, 7) is 3.50. The standard InChI is InChI=1S/C19H19N7O3/c1-19(2,28)18-22-16(29-24-18)17(27)25-8-6-12-14(21-10-20-12)15(25)13-9-11-5-3-4-7-26(11)23-13/h3-5,7,9-10,15,28H,6,8H2,1-2H3,(H,20,21). The summed E-state index contributed by atoms with van der Waals surface area (Å²) in [4.78, 5) is 26.6. The monoisotopic (exact) mass is 393 g/mol. The third-order valence-electron chi connectivity index (χ3n) is 5.01. The minimum Gasteiger partial charge on any atom is -0.382 e. The van der Waals surface area contributed by atoms with E-state index in [-0.39, 0.29) is 11.7 Å². The normalized spacial score (nSPS) is 16.9. The van der Waals surface area contributed by atoms with Gasteiger partial charge in [0.1, 0.15) is 11.6 Å². The molecule has 1 aliphatic rings. The first-order chi connectivity index (χ1) is 13.9. The maximum Gasteiger partial charge on any atom is 0.316 e. The molecule has 10 nitrogen and oxygen atoms in total. The van der Waals surface area contributed by atoms with Gasteiger partial charge >= 0.3 is 11.8 Å². The van der Waals surface area contributed by atoms with Crippen molar-refractivity contribution in [2.75, 3.05) is 6.54 Å². The second-order valence-corrected chi connectivity index (χ2v) is 7.54. The Morgan fingerprint density at radius 1 is 1.38 bits per heavy atom. The van der Waals surface area contributed by atoms with E-state index in [4.69, 9.17) is 4.52 Å². The second kappa shape index (κ2) is 6.24. The number of amides is 1. The third kappa shape index (κ3) is 2.88. The molecule has 0 saturated carbocycles. The average molecular weight is 393 g/mol. The van der Waals surface area contributed by atoms with Crippen molar-refractivity contribution in [3.8, 4) is 0 Å². The van der Waals surface area contributed by atoms with Gasteiger partial charge in [-0.25, -0.2) is 9.50 Å². The Morgan fingerprint density at radius 3 is 3.00 bits per heavy atom. The van der Waals surface area contributed by atoms with Crippen molar-refractivity contribution in [3.05, 3.63) is 65.6 Å². The highest BCUT2D eigenvalue weighted by atomic mass is 16.5. The number of aromatic amines is 1. The van der Waals surface area contributed by atoms with Crippen LogP contribution in [0.3, 0.4) is 0 Å². The number of aliphatic hydroxyl groups is 1. The minimum atomic E-state index is -1.31. The largest absolute Gasteiger partial charge is 0.382 e. The molecule has 4 aromatic rings. The SMILES string of the molecule is CC(C)(O)c1noc(C(=O)N2CCc3[nH]cnc3C2c2cc3ccccn3n2)n1. The van der Waals surface area contributed by atoms with Crippen molar-refractivity contribution in [1.29, 1.82) is 0 Å². The fraction of sp³-hybridized carbons (Fsp3) is 0.316. The van der Waals surface area contributed by atoms with Gasteiger partial charge in [-0.15, -0.1) is 0 Å². The number of carbonyl (C=O) groups excluding carboxylic acids is 1. The molecule has 0 aromatic carbocycles. The lowest BCUT2D eigenvalue weighted by Crippen LogP contribution is -2.41. The van der Waals surface area contributed by atoms with Crippen molar-refractivity contribution < 1.29 is 14.4 Å². The number of pyridine rings is 1. The molecule has 0 spiro atoms. The zero-order chi connectivity index (χ0) is 20.2. The number of aromatic nitrogens is 6.